The van der Waals surface area contributed by atoms with E-state index in [0.717, 1.165) is 34.1 Å². The van der Waals surface area contributed by atoms with Crippen LogP contribution in [0.3, 0.4) is 0 Å². The zero-order chi connectivity index (χ0) is 23.0. The van der Waals surface area contributed by atoms with E-state index in [9.17, 15) is 4.79 Å². The number of hydrogen-bond acceptors (Lipinski definition) is 5. The number of hydrogen-bond donors (Lipinski definition) is 1. The number of ether oxygens (including phenoxy) is 1. The van der Waals surface area contributed by atoms with Crippen LogP contribution in [0, 0.1) is 6.92 Å². The van der Waals surface area contributed by atoms with Gasteiger partial charge in [0.2, 0.25) is 5.91 Å². The summed E-state index contributed by atoms with van der Waals surface area (Å²) in [5.41, 5.74) is 4.00. The molecule has 0 aliphatic rings. The first-order valence-electron chi connectivity index (χ1n) is 10.8. The summed E-state index contributed by atoms with van der Waals surface area (Å²) >= 11 is 1.36. The van der Waals surface area contributed by atoms with E-state index in [-0.39, 0.29) is 11.7 Å². The number of nitrogens with zero attached hydrogens (tertiary/aromatic N) is 3. The predicted octanol–water partition coefficient (Wildman–Crippen LogP) is 5.30. The number of benzene rings is 3. The van der Waals surface area contributed by atoms with E-state index in [4.69, 9.17) is 4.74 Å². The van der Waals surface area contributed by atoms with Gasteiger partial charge >= 0.3 is 0 Å². The van der Waals surface area contributed by atoms with Gasteiger partial charge in [-0.15, -0.1) is 10.2 Å². The third-order valence-corrected chi connectivity index (χ3v) is 5.91. The molecule has 33 heavy (non-hydrogen) atoms. The quantitative estimate of drug-likeness (QED) is 0.345. The monoisotopic (exact) mass is 458 g/mol. The molecular formula is C26H26N4O2S. The van der Waals surface area contributed by atoms with Crippen molar-refractivity contribution in [3.05, 3.63) is 95.8 Å². The number of amides is 1. The molecule has 1 N–H and O–H groups in total. The summed E-state index contributed by atoms with van der Waals surface area (Å²) in [6.07, 6.45) is 0.636. The fourth-order valence-corrected chi connectivity index (χ4v) is 4.14. The molecule has 0 bridgehead atoms. The first-order valence-corrected chi connectivity index (χ1v) is 11.8. The average molecular weight is 459 g/mol. The van der Waals surface area contributed by atoms with Crippen LogP contribution < -0.4 is 10.1 Å². The molecule has 4 rings (SSSR count). The van der Waals surface area contributed by atoms with Crippen LogP contribution in [0.25, 0.3) is 5.69 Å². The molecule has 0 radical (unpaired) electrons. The molecule has 0 fully saturated rings. The smallest absolute Gasteiger partial charge is 0.234 e. The summed E-state index contributed by atoms with van der Waals surface area (Å²) in [6.45, 7) is 4.59. The molecule has 168 valence electrons. The molecule has 0 atom stereocenters. The Bertz CT molecular complexity index is 1190. The Hall–Kier alpha value is -3.58. The Balaban J connectivity index is 1.54. The van der Waals surface area contributed by atoms with Crippen molar-refractivity contribution in [3.8, 4) is 11.4 Å². The molecule has 0 saturated carbocycles. The van der Waals surface area contributed by atoms with Gasteiger partial charge in [0.15, 0.2) is 5.16 Å². The SMILES string of the molecule is CCOc1ccc(-n2c(Cc3ccccc3)nnc2SCC(=O)Nc2ccc(C)cc2)cc1. The molecule has 0 aliphatic carbocycles. The summed E-state index contributed by atoms with van der Waals surface area (Å²) in [5.74, 6) is 1.76. The molecule has 6 nitrogen and oxygen atoms in total. The van der Waals surface area contributed by atoms with Gasteiger partial charge in [0.25, 0.3) is 0 Å². The minimum atomic E-state index is -0.0882. The van der Waals surface area contributed by atoms with E-state index in [1.807, 2.05) is 85.1 Å². The van der Waals surface area contributed by atoms with Gasteiger partial charge in [-0.3, -0.25) is 9.36 Å². The van der Waals surface area contributed by atoms with Gasteiger partial charge < -0.3 is 10.1 Å². The van der Waals surface area contributed by atoms with Crippen LogP contribution in [0.5, 0.6) is 5.75 Å². The number of carbonyl (C=O) groups is 1. The highest BCUT2D eigenvalue weighted by Crippen LogP contribution is 2.25. The number of nitrogens with one attached hydrogen (secondary N) is 1. The van der Waals surface area contributed by atoms with Gasteiger partial charge in [-0.05, 0) is 55.8 Å². The summed E-state index contributed by atoms with van der Waals surface area (Å²) in [4.78, 5) is 12.5. The number of rotatable bonds is 9. The van der Waals surface area contributed by atoms with E-state index < -0.39 is 0 Å². The molecular weight excluding hydrogens is 432 g/mol. The first kappa shape index (κ1) is 22.6. The molecule has 1 amide bonds. The average Bonchev–Trinajstić information content (AvgIpc) is 3.23. The minimum Gasteiger partial charge on any atom is -0.494 e. The van der Waals surface area contributed by atoms with Crippen LogP contribution in [0.15, 0.2) is 84.0 Å². The van der Waals surface area contributed by atoms with Gasteiger partial charge in [0, 0.05) is 17.8 Å². The van der Waals surface area contributed by atoms with E-state index in [2.05, 4.69) is 27.6 Å². The fourth-order valence-electron chi connectivity index (χ4n) is 3.37. The van der Waals surface area contributed by atoms with Crippen LogP contribution in [0.4, 0.5) is 5.69 Å². The minimum absolute atomic E-state index is 0.0882. The highest BCUT2D eigenvalue weighted by atomic mass is 32.2. The normalized spacial score (nSPS) is 10.7. The third kappa shape index (κ3) is 6.02. The topological polar surface area (TPSA) is 69.0 Å². The summed E-state index contributed by atoms with van der Waals surface area (Å²) in [5, 5.41) is 12.5. The first-order chi connectivity index (χ1) is 16.1. The lowest BCUT2D eigenvalue weighted by atomic mass is 10.1. The molecule has 0 aliphatic heterocycles. The van der Waals surface area contributed by atoms with E-state index in [0.29, 0.717) is 18.2 Å². The Morgan fingerprint density at radius 2 is 1.70 bits per heavy atom. The second-order valence-corrected chi connectivity index (χ2v) is 8.47. The highest BCUT2D eigenvalue weighted by Gasteiger charge is 2.16. The van der Waals surface area contributed by atoms with Crippen molar-refractivity contribution in [1.29, 1.82) is 0 Å². The Kier molecular flexibility index (Phi) is 7.42. The van der Waals surface area contributed by atoms with Crippen molar-refractivity contribution in [1.82, 2.24) is 14.8 Å². The molecule has 3 aromatic carbocycles. The molecule has 0 spiro atoms. The van der Waals surface area contributed by atoms with Crippen molar-refractivity contribution in [2.24, 2.45) is 0 Å². The van der Waals surface area contributed by atoms with Gasteiger partial charge in [-0.2, -0.15) is 0 Å². The van der Waals surface area contributed by atoms with Crippen LogP contribution >= 0.6 is 11.8 Å². The number of aryl methyl sites for hydroxylation is 1. The van der Waals surface area contributed by atoms with Crippen LogP contribution in [-0.2, 0) is 11.2 Å². The van der Waals surface area contributed by atoms with Crippen molar-refractivity contribution in [2.75, 3.05) is 17.7 Å². The molecule has 4 aromatic rings. The second-order valence-electron chi connectivity index (χ2n) is 7.53. The standard InChI is InChI=1S/C26H26N4O2S/c1-3-32-23-15-13-22(14-16-23)30-24(17-20-7-5-4-6-8-20)28-29-26(30)33-18-25(31)27-21-11-9-19(2)10-12-21/h4-16H,3,17-18H2,1-2H3,(H,27,31). The molecule has 0 saturated heterocycles. The largest absolute Gasteiger partial charge is 0.494 e. The van der Waals surface area contributed by atoms with E-state index >= 15 is 0 Å². The molecule has 0 unspecified atom stereocenters. The van der Waals surface area contributed by atoms with Crippen LogP contribution in [0.1, 0.15) is 23.9 Å². The summed E-state index contributed by atoms with van der Waals surface area (Å²) in [7, 11) is 0. The van der Waals surface area contributed by atoms with Gasteiger partial charge in [0.05, 0.1) is 12.4 Å². The number of aromatic nitrogens is 3. The lowest BCUT2D eigenvalue weighted by molar-refractivity contribution is -0.113. The van der Waals surface area contributed by atoms with Crippen molar-refractivity contribution >= 4 is 23.4 Å². The Morgan fingerprint density at radius 3 is 2.39 bits per heavy atom. The Labute approximate surface area is 198 Å². The van der Waals surface area contributed by atoms with Gasteiger partial charge in [-0.1, -0.05) is 59.8 Å². The summed E-state index contributed by atoms with van der Waals surface area (Å²) < 4.78 is 7.59. The van der Waals surface area contributed by atoms with Crippen LogP contribution in [0.2, 0.25) is 0 Å². The maximum absolute atomic E-state index is 12.5. The predicted molar refractivity (Wildman–Crippen MR) is 132 cm³/mol. The van der Waals surface area contributed by atoms with E-state index in [1.54, 1.807) is 0 Å². The zero-order valence-corrected chi connectivity index (χ0v) is 19.5. The molecule has 1 aromatic heterocycles. The van der Waals surface area contributed by atoms with E-state index in [1.165, 1.54) is 11.8 Å². The number of anilines is 1. The zero-order valence-electron chi connectivity index (χ0n) is 18.7. The lowest BCUT2D eigenvalue weighted by Gasteiger charge is -2.12. The fraction of sp³-hybridized carbons (Fsp3) is 0.192. The molecule has 1 heterocycles. The van der Waals surface area contributed by atoms with Crippen molar-refractivity contribution in [3.63, 3.8) is 0 Å². The van der Waals surface area contributed by atoms with Gasteiger partial charge in [-0.25, -0.2) is 0 Å². The van der Waals surface area contributed by atoms with Crippen LogP contribution in [-0.4, -0.2) is 33.0 Å². The van der Waals surface area contributed by atoms with Crippen molar-refractivity contribution in [2.45, 2.75) is 25.4 Å². The number of carbonyl (C=O) groups excluding carboxylic acids is 1. The molecule has 7 heteroatoms. The van der Waals surface area contributed by atoms with Gasteiger partial charge in [0.1, 0.15) is 11.6 Å². The maximum atomic E-state index is 12.5. The second kappa shape index (κ2) is 10.8. The third-order valence-electron chi connectivity index (χ3n) is 4.98. The highest BCUT2D eigenvalue weighted by molar-refractivity contribution is 7.99. The lowest BCUT2D eigenvalue weighted by Crippen LogP contribution is -2.14. The Morgan fingerprint density at radius 1 is 0.970 bits per heavy atom. The maximum Gasteiger partial charge on any atom is 0.234 e. The summed E-state index contributed by atoms with van der Waals surface area (Å²) in [6, 6.07) is 25.7. The number of thioether (sulfide) groups is 1. The van der Waals surface area contributed by atoms with Crippen molar-refractivity contribution < 1.29 is 9.53 Å².